The number of carbonyl (C=O) groups excluding carboxylic acids is 1. The van der Waals surface area contributed by atoms with Crippen LogP contribution >= 0.6 is 0 Å². The van der Waals surface area contributed by atoms with Gasteiger partial charge in [-0.3, -0.25) is 0 Å². The van der Waals surface area contributed by atoms with Gasteiger partial charge in [0.05, 0.1) is 35.4 Å². The number of methoxy groups -OCH3 is 1. The Labute approximate surface area is 288 Å². The summed E-state index contributed by atoms with van der Waals surface area (Å²) in [5.41, 5.74) is 3.79. The predicted octanol–water partition coefficient (Wildman–Crippen LogP) is 5.98. The van der Waals surface area contributed by atoms with Crippen LogP contribution in [0.1, 0.15) is 18.5 Å². The van der Waals surface area contributed by atoms with Crippen LogP contribution in [-0.4, -0.2) is 78.0 Å². The molecule has 10 nitrogen and oxygen atoms in total. The summed E-state index contributed by atoms with van der Waals surface area (Å²) in [5.74, 6) is 5.12. The summed E-state index contributed by atoms with van der Waals surface area (Å²) in [6.07, 6.45) is -1.29. The van der Waals surface area contributed by atoms with Gasteiger partial charge in [0.25, 0.3) is 0 Å². The van der Waals surface area contributed by atoms with Crippen LogP contribution in [0.3, 0.4) is 0 Å². The van der Waals surface area contributed by atoms with Gasteiger partial charge in [0.1, 0.15) is 12.3 Å². The Hall–Kier alpha value is -4.87. The zero-order chi connectivity index (χ0) is 35.5. The number of benzene rings is 3. The quantitative estimate of drug-likeness (QED) is 0.152. The summed E-state index contributed by atoms with van der Waals surface area (Å²) < 4.78 is 82.1. The van der Waals surface area contributed by atoms with E-state index in [-0.39, 0.29) is 22.9 Å². The van der Waals surface area contributed by atoms with Crippen molar-refractivity contribution >= 4 is 49.5 Å². The fraction of sp³-hybridized carbons (Fsp3) is 0.361. The maximum absolute atomic E-state index is 13.8. The standard InChI is InChI=1S/C36H37F3N4O6S/c1-47-34(44)21-49-33-20-28(50(2,45)46)12-13-31(33)40-16-4-5-27-19-29-30(6-3-7-32(29)43(27)24-36(37,38)39)41-25-8-10-26(11-9-25)42-22-35(23-42)14-17-48-18-15-35/h3,6-13,19-20,40-41H,14-18,21-24H2,1-2H3. The molecule has 1 aromatic heterocycles. The molecule has 2 aliphatic rings. The first-order valence-corrected chi connectivity index (χ1v) is 17.9. The molecule has 0 atom stereocenters. The lowest BCUT2D eigenvalue weighted by Gasteiger charge is -2.53. The van der Waals surface area contributed by atoms with Gasteiger partial charge in [0, 0.05) is 66.5 Å². The van der Waals surface area contributed by atoms with E-state index in [9.17, 15) is 26.4 Å². The van der Waals surface area contributed by atoms with Crippen molar-refractivity contribution in [3.05, 3.63) is 72.4 Å². The molecular weight excluding hydrogens is 673 g/mol. The van der Waals surface area contributed by atoms with Crippen LogP contribution in [-0.2, 0) is 30.7 Å². The molecule has 50 heavy (non-hydrogen) atoms. The first-order valence-electron chi connectivity index (χ1n) is 16.0. The molecular formula is C36H37F3N4O6S. The number of ether oxygens (including phenoxy) is 3. The van der Waals surface area contributed by atoms with Crippen molar-refractivity contribution in [2.75, 3.05) is 68.4 Å². The van der Waals surface area contributed by atoms with E-state index < -0.39 is 35.1 Å². The molecule has 2 aliphatic heterocycles. The zero-order valence-corrected chi connectivity index (χ0v) is 28.4. The number of halogens is 3. The normalized spacial score (nSPS) is 15.6. The number of esters is 1. The second kappa shape index (κ2) is 14.2. The molecule has 0 aliphatic carbocycles. The van der Waals surface area contributed by atoms with E-state index >= 15 is 0 Å². The van der Waals surface area contributed by atoms with Crippen molar-refractivity contribution in [2.45, 2.75) is 30.5 Å². The van der Waals surface area contributed by atoms with Crippen LogP contribution in [0.15, 0.2) is 71.6 Å². The summed E-state index contributed by atoms with van der Waals surface area (Å²) in [5, 5.41) is 6.93. The Morgan fingerprint density at radius 2 is 1.76 bits per heavy atom. The first kappa shape index (κ1) is 35.0. The minimum atomic E-state index is -4.49. The van der Waals surface area contributed by atoms with E-state index in [1.54, 1.807) is 18.2 Å². The van der Waals surface area contributed by atoms with E-state index in [1.165, 1.54) is 25.3 Å². The lowest BCUT2D eigenvalue weighted by atomic mass is 9.73. The molecule has 0 bridgehead atoms. The van der Waals surface area contributed by atoms with Crippen molar-refractivity contribution < 1.29 is 40.6 Å². The van der Waals surface area contributed by atoms with Crippen LogP contribution < -0.4 is 20.3 Å². The summed E-state index contributed by atoms with van der Waals surface area (Å²) in [4.78, 5) is 14.0. The van der Waals surface area contributed by atoms with Crippen molar-refractivity contribution in [3.8, 4) is 17.6 Å². The lowest BCUT2D eigenvalue weighted by molar-refractivity contribution is -0.143. The maximum Gasteiger partial charge on any atom is 0.406 e. The van der Waals surface area contributed by atoms with Gasteiger partial charge >= 0.3 is 12.1 Å². The van der Waals surface area contributed by atoms with Gasteiger partial charge in [-0.1, -0.05) is 12.0 Å². The molecule has 2 N–H and O–H groups in total. The highest BCUT2D eigenvalue weighted by molar-refractivity contribution is 7.90. The molecule has 2 fully saturated rings. The number of alkyl halides is 3. The van der Waals surface area contributed by atoms with Crippen LogP contribution in [0.25, 0.3) is 10.9 Å². The van der Waals surface area contributed by atoms with Crippen LogP contribution in [0.5, 0.6) is 5.75 Å². The van der Waals surface area contributed by atoms with Gasteiger partial charge in [0.15, 0.2) is 16.4 Å². The molecule has 2 saturated heterocycles. The number of rotatable bonds is 10. The average Bonchev–Trinajstić information content (AvgIpc) is 3.41. The van der Waals surface area contributed by atoms with Crippen molar-refractivity contribution in [1.82, 2.24) is 4.57 Å². The molecule has 0 unspecified atom stereocenters. The topological polar surface area (TPSA) is 111 Å². The van der Waals surface area contributed by atoms with Crippen molar-refractivity contribution in [1.29, 1.82) is 0 Å². The number of hydrogen-bond acceptors (Lipinski definition) is 9. The van der Waals surface area contributed by atoms with E-state index in [4.69, 9.17) is 9.47 Å². The Morgan fingerprint density at radius 3 is 2.44 bits per heavy atom. The van der Waals surface area contributed by atoms with E-state index in [2.05, 4.69) is 32.1 Å². The fourth-order valence-corrected chi connectivity index (χ4v) is 6.93. The average molecular weight is 711 g/mol. The minimum absolute atomic E-state index is 0.0225. The fourth-order valence-electron chi connectivity index (χ4n) is 6.29. The smallest absolute Gasteiger partial charge is 0.406 e. The number of sulfone groups is 1. The van der Waals surface area contributed by atoms with Crippen molar-refractivity contribution in [2.24, 2.45) is 5.41 Å². The molecule has 1 spiro atoms. The maximum atomic E-state index is 13.8. The molecule has 0 amide bonds. The number of hydrogen-bond donors (Lipinski definition) is 2. The van der Waals surface area contributed by atoms with Crippen molar-refractivity contribution in [3.63, 3.8) is 0 Å². The SMILES string of the molecule is COC(=O)COc1cc(S(C)(=O)=O)ccc1NCC#Cc1cc2c(Nc3ccc(N4CC5(CCOCC5)C4)cc3)cccc2n1CC(F)(F)F. The van der Waals surface area contributed by atoms with Gasteiger partial charge in [0.2, 0.25) is 0 Å². The Morgan fingerprint density at radius 1 is 1.02 bits per heavy atom. The highest BCUT2D eigenvalue weighted by Crippen LogP contribution is 2.42. The molecule has 4 aromatic rings. The molecule has 3 heterocycles. The van der Waals surface area contributed by atoms with Gasteiger partial charge in [-0.15, -0.1) is 0 Å². The molecule has 0 saturated carbocycles. The summed E-state index contributed by atoms with van der Waals surface area (Å²) in [7, 11) is -2.38. The third kappa shape index (κ3) is 8.11. The molecule has 14 heteroatoms. The first-order chi connectivity index (χ1) is 23.8. The lowest BCUT2D eigenvalue weighted by Crippen LogP contribution is -2.58. The number of nitrogens with one attached hydrogen (secondary N) is 2. The van der Waals surface area contributed by atoms with E-state index in [0.29, 0.717) is 27.7 Å². The Kier molecular flexibility index (Phi) is 9.91. The third-order valence-corrected chi connectivity index (χ3v) is 10.0. The predicted molar refractivity (Wildman–Crippen MR) is 185 cm³/mol. The number of nitrogens with zero attached hydrogens (tertiary/aromatic N) is 2. The number of anilines is 4. The molecule has 6 rings (SSSR count). The van der Waals surface area contributed by atoms with Crippen LogP contribution in [0.2, 0.25) is 0 Å². The third-order valence-electron chi connectivity index (χ3n) is 8.94. The summed E-state index contributed by atoms with van der Waals surface area (Å²) in [6.45, 7) is 1.94. The number of aromatic nitrogens is 1. The Balaban J connectivity index is 1.20. The van der Waals surface area contributed by atoms with Crippen LogP contribution in [0.4, 0.5) is 35.9 Å². The Bertz CT molecular complexity index is 2040. The summed E-state index contributed by atoms with van der Waals surface area (Å²) >= 11 is 0. The highest BCUT2D eigenvalue weighted by Gasteiger charge is 2.43. The number of carbonyl (C=O) groups is 1. The van der Waals surface area contributed by atoms with E-state index in [0.717, 1.165) is 61.3 Å². The largest absolute Gasteiger partial charge is 0.480 e. The summed E-state index contributed by atoms with van der Waals surface area (Å²) in [6, 6.07) is 18.9. The highest BCUT2D eigenvalue weighted by atomic mass is 32.2. The molecule has 0 radical (unpaired) electrons. The van der Waals surface area contributed by atoms with Gasteiger partial charge in [-0.2, -0.15) is 13.2 Å². The van der Waals surface area contributed by atoms with Gasteiger partial charge in [-0.05, 0) is 73.4 Å². The minimum Gasteiger partial charge on any atom is -0.480 e. The monoisotopic (exact) mass is 710 g/mol. The zero-order valence-electron chi connectivity index (χ0n) is 27.6. The second-order valence-electron chi connectivity index (χ2n) is 12.6. The molecule has 264 valence electrons. The molecule has 3 aromatic carbocycles. The van der Waals surface area contributed by atoms with Crippen LogP contribution in [0, 0.1) is 17.3 Å². The van der Waals surface area contributed by atoms with Gasteiger partial charge in [-0.25, -0.2) is 13.2 Å². The van der Waals surface area contributed by atoms with E-state index in [1.807, 2.05) is 30.3 Å². The second-order valence-corrected chi connectivity index (χ2v) is 14.6. The van der Waals surface area contributed by atoms with Gasteiger partial charge < -0.3 is 34.3 Å². The number of fused-ring (bicyclic) bond motifs is 1.